The van der Waals surface area contributed by atoms with E-state index >= 15 is 0 Å². The van der Waals surface area contributed by atoms with Crippen molar-refractivity contribution in [1.29, 1.82) is 0 Å². The predicted octanol–water partition coefficient (Wildman–Crippen LogP) is 17.1. The van der Waals surface area contributed by atoms with Crippen molar-refractivity contribution in [2.45, 2.75) is 213 Å². The van der Waals surface area contributed by atoms with E-state index in [9.17, 15) is 28.9 Å². The first-order valence-corrected chi connectivity index (χ1v) is 30.2. The number of unbranched alkanes of at least 4 members (excludes halogenated alkanes) is 10. The Bertz CT molecular complexity index is 1830. The zero-order valence-electron chi connectivity index (χ0n) is 47.2. The number of aliphatic hydroxyl groups is 1. The molecule has 3 atom stereocenters. The molecule has 0 amide bonds. The van der Waals surface area contributed by atoms with Gasteiger partial charge in [0, 0.05) is 19.3 Å². The van der Waals surface area contributed by atoms with Crippen molar-refractivity contribution in [3.05, 3.63) is 146 Å². The number of phosphoric ester groups is 1. The second kappa shape index (κ2) is 56.6. The Balaban J connectivity index is 4.89. The Morgan fingerprint density at radius 2 is 0.671 bits per heavy atom. The van der Waals surface area contributed by atoms with Gasteiger partial charge in [0.2, 0.25) is 0 Å². The van der Waals surface area contributed by atoms with Crippen molar-refractivity contribution in [1.82, 2.24) is 0 Å². The van der Waals surface area contributed by atoms with Crippen LogP contribution < -0.4 is 0 Å². The molecule has 11 nitrogen and oxygen atoms in total. The molecule has 0 rings (SSSR count). The largest absolute Gasteiger partial charge is 0.472 e. The molecular weight excluding hydrogens is 976 g/mol. The molecule has 76 heavy (non-hydrogen) atoms. The Labute approximate surface area is 461 Å². The molecule has 0 saturated carbocycles. The molecule has 0 aliphatic rings. The van der Waals surface area contributed by atoms with Gasteiger partial charge >= 0.3 is 25.7 Å². The van der Waals surface area contributed by atoms with E-state index in [1.165, 1.54) is 0 Å². The topological polar surface area (TPSA) is 155 Å². The number of esters is 3. The zero-order chi connectivity index (χ0) is 55.5. The first kappa shape index (κ1) is 71.4. The van der Waals surface area contributed by atoms with Gasteiger partial charge in [-0.15, -0.1) is 0 Å². The first-order chi connectivity index (χ1) is 37.2. The minimum Gasteiger partial charge on any atom is -0.462 e. The highest BCUT2D eigenvalue weighted by Crippen LogP contribution is 2.43. The fraction of sp³-hybridized carbons (Fsp3) is 0.578. The molecule has 428 valence electrons. The summed E-state index contributed by atoms with van der Waals surface area (Å²) >= 11 is 0. The number of aliphatic hydroxyl groups excluding tert-OH is 1. The van der Waals surface area contributed by atoms with Crippen LogP contribution in [0.5, 0.6) is 0 Å². The van der Waals surface area contributed by atoms with Gasteiger partial charge in [-0.2, -0.15) is 0 Å². The Morgan fingerprint density at radius 3 is 1.04 bits per heavy atom. The quantitative estimate of drug-likeness (QED) is 0.0197. The van der Waals surface area contributed by atoms with Gasteiger partial charge in [-0.05, 0) is 122 Å². The lowest BCUT2D eigenvalue weighted by Crippen LogP contribution is -2.30. The van der Waals surface area contributed by atoms with Crippen LogP contribution in [-0.2, 0) is 42.2 Å². The van der Waals surface area contributed by atoms with Gasteiger partial charge in [-0.25, -0.2) is 4.57 Å². The highest BCUT2D eigenvalue weighted by Gasteiger charge is 2.28. The summed E-state index contributed by atoms with van der Waals surface area (Å²) in [4.78, 5) is 48.5. The maximum absolute atomic E-state index is 12.9. The predicted molar refractivity (Wildman–Crippen MR) is 316 cm³/mol. The van der Waals surface area contributed by atoms with Crippen LogP contribution in [0.1, 0.15) is 201 Å². The third-order valence-electron chi connectivity index (χ3n) is 11.3. The van der Waals surface area contributed by atoms with E-state index in [-0.39, 0.29) is 19.3 Å². The maximum Gasteiger partial charge on any atom is 0.472 e. The molecule has 0 aromatic rings. The smallest absolute Gasteiger partial charge is 0.462 e. The van der Waals surface area contributed by atoms with Crippen LogP contribution in [-0.4, -0.2) is 66.5 Å². The van der Waals surface area contributed by atoms with E-state index in [0.717, 1.165) is 141 Å². The Kier molecular flexibility index (Phi) is 53.1. The van der Waals surface area contributed by atoms with Gasteiger partial charge in [0.15, 0.2) is 6.10 Å². The molecule has 2 N–H and O–H groups in total. The summed E-state index contributed by atoms with van der Waals surface area (Å²) < 4.78 is 39.4. The second-order valence-electron chi connectivity index (χ2n) is 18.3. The first-order valence-electron chi connectivity index (χ1n) is 28.7. The minimum absolute atomic E-state index is 0.0879. The molecule has 12 heteroatoms. The van der Waals surface area contributed by atoms with E-state index in [1.54, 1.807) is 0 Å². The number of ether oxygens (including phenoxy) is 3. The van der Waals surface area contributed by atoms with Gasteiger partial charge in [0.1, 0.15) is 12.7 Å². The summed E-state index contributed by atoms with van der Waals surface area (Å²) in [6.45, 7) is 4.16. The van der Waals surface area contributed by atoms with Crippen molar-refractivity contribution >= 4 is 25.7 Å². The number of allylic oxidation sites excluding steroid dienone is 24. The molecule has 0 bridgehead atoms. The standard InChI is InChI=1S/C64H101O11P/c1-4-7-10-13-16-19-22-25-28-29-30-31-34-35-38-41-44-47-50-53-62(66)71-57-61(75-64(68)55-52-49-46-43-40-37-33-27-24-21-18-15-12-9-6-3)59-73-76(69,70)72-58-60(56-65)74-63(67)54-51-48-45-42-39-36-32-26-23-20-17-14-11-8-5-2/h7-12,16-21,25-28,30-33,35,38,44,47,60-61,65H,4-6,13-15,22-24,29,34,36-37,39-43,45-46,48-59H2,1-3H3,(H,69,70)/b10-7-,11-8-,12-9-,19-16-,20-17-,21-18-,28-25-,31-30-,32-26-,33-27-,38-35-,47-44-. The van der Waals surface area contributed by atoms with Crippen molar-refractivity contribution in [3.63, 3.8) is 0 Å². The molecule has 3 unspecified atom stereocenters. The van der Waals surface area contributed by atoms with E-state index in [0.29, 0.717) is 19.3 Å². The molecule has 0 aromatic carbocycles. The van der Waals surface area contributed by atoms with Crippen molar-refractivity contribution in [2.75, 3.05) is 26.4 Å². The number of rotatable bonds is 51. The average molecular weight is 1080 g/mol. The molecule has 0 aliphatic heterocycles. The van der Waals surface area contributed by atoms with E-state index in [2.05, 4.69) is 154 Å². The number of carbonyl (C=O) groups excluding carboxylic acids is 3. The van der Waals surface area contributed by atoms with Gasteiger partial charge in [-0.3, -0.25) is 23.4 Å². The molecule has 0 heterocycles. The lowest BCUT2D eigenvalue weighted by molar-refractivity contribution is -0.161. The third kappa shape index (κ3) is 54.2. The van der Waals surface area contributed by atoms with E-state index < -0.39 is 64.4 Å². The molecule has 0 spiro atoms. The summed E-state index contributed by atoms with van der Waals surface area (Å²) in [5, 5.41) is 9.81. The average Bonchev–Trinajstić information content (AvgIpc) is 3.41. The lowest BCUT2D eigenvalue weighted by atomic mass is 10.1. The van der Waals surface area contributed by atoms with E-state index in [1.807, 2.05) is 12.2 Å². The molecule has 0 saturated heterocycles. The van der Waals surface area contributed by atoms with Crippen LogP contribution in [0.25, 0.3) is 0 Å². The Morgan fingerprint density at radius 1 is 0.368 bits per heavy atom. The van der Waals surface area contributed by atoms with Crippen molar-refractivity contribution in [3.8, 4) is 0 Å². The summed E-state index contributed by atoms with van der Waals surface area (Å²) in [5.74, 6) is -1.62. The highest BCUT2D eigenvalue weighted by molar-refractivity contribution is 7.47. The third-order valence-corrected chi connectivity index (χ3v) is 12.2. The fourth-order valence-corrected chi connectivity index (χ4v) is 7.78. The van der Waals surface area contributed by atoms with E-state index in [4.69, 9.17) is 23.3 Å². The Hall–Kier alpha value is -4.64. The second-order valence-corrected chi connectivity index (χ2v) is 19.8. The summed E-state index contributed by atoms with van der Waals surface area (Å²) in [7, 11) is -4.78. The van der Waals surface area contributed by atoms with Crippen LogP contribution in [0, 0.1) is 0 Å². The summed E-state index contributed by atoms with van der Waals surface area (Å²) in [5.41, 5.74) is 0. The minimum atomic E-state index is -4.78. The van der Waals surface area contributed by atoms with Gasteiger partial charge in [-0.1, -0.05) is 205 Å². The molecular formula is C64H101O11P. The summed E-state index contributed by atoms with van der Waals surface area (Å²) in [6.07, 6.45) is 72.5. The van der Waals surface area contributed by atoms with Gasteiger partial charge in [0.05, 0.1) is 19.8 Å². The normalized spacial score (nSPS) is 14.4. The molecule has 0 fully saturated rings. The maximum atomic E-state index is 12.9. The van der Waals surface area contributed by atoms with Gasteiger partial charge in [0.25, 0.3) is 0 Å². The lowest BCUT2D eigenvalue weighted by Gasteiger charge is -2.21. The van der Waals surface area contributed by atoms with Crippen LogP contribution in [0.4, 0.5) is 0 Å². The fourth-order valence-electron chi connectivity index (χ4n) is 7.00. The number of carbonyl (C=O) groups is 3. The van der Waals surface area contributed by atoms with Crippen molar-refractivity contribution in [2.24, 2.45) is 0 Å². The van der Waals surface area contributed by atoms with Crippen LogP contribution in [0.15, 0.2) is 146 Å². The van der Waals surface area contributed by atoms with Gasteiger partial charge < -0.3 is 24.2 Å². The number of hydrogen-bond acceptors (Lipinski definition) is 10. The van der Waals surface area contributed by atoms with Crippen LogP contribution in [0.2, 0.25) is 0 Å². The SMILES string of the molecule is CC/C=C\C/C=C\C/C=C\C/C=C\C/C=C\C/C=C\CCC(=O)OCC(COP(=O)(O)OCC(CO)OC(=O)CCCCCCC/C=C\C/C=C\C/C=C\CC)OC(=O)CCCCCCC/C=C\C/C=C\C/C=C\CC. The molecule has 0 aromatic heterocycles. The van der Waals surface area contributed by atoms with Crippen LogP contribution in [0.3, 0.4) is 0 Å². The molecule has 0 aliphatic carbocycles. The monoisotopic (exact) mass is 1080 g/mol. The van der Waals surface area contributed by atoms with Crippen molar-refractivity contribution < 1.29 is 52.2 Å². The summed E-state index contributed by atoms with van der Waals surface area (Å²) in [6, 6.07) is 0. The van der Waals surface area contributed by atoms with Crippen LogP contribution >= 0.6 is 7.82 Å². The number of phosphoric acid groups is 1. The molecule has 0 radical (unpaired) electrons. The highest BCUT2D eigenvalue weighted by atomic mass is 31.2. The number of hydrogen-bond donors (Lipinski definition) is 2. The zero-order valence-corrected chi connectivity index (χ0v) is 48.0.